The lowest BCUT2D eigenvalue weighted by molar-refractivity contribution is -0.138. The molecule has 0 aromatic heterocycles. The third kappa shape index (κ3) is 52.0. The molecule has 23 nitrogen and oxygen atoms in total. The van der Waals surface area contributed by atoms with Gasteiger partial charge in [0.05, 0.1) is 32.2 Å². The second-order valence-electron chi connectivity index (χ2n) is 31.3. The van der Waals surface area contributed by atoms with Crippen LogP contribution in [0.3, 0.4) is 0 Å². The maximum Gasteiger partial charge on any atom is 0.239 e. The average molecular weight is 1430 g/mol. The summed E-state index contributed by atoms with van der Waals surface area (Å²) in [6.07, 6.45) is 20.7. The number of carbonyl (C=O) groups excluding carboxylic acids is 11. The Morgan fingerprint density at radius 3 is 0.970 bits per heavy atom. The molecule has 586 valence electrons. The normalized spacial score (nSPS) is 13.0. The number of nitrogens with one attached hydrogen (secondary N) is 6. The zero-order valence-electron chi connectivity index (χ0n) is 66.3. The molecule has 0 spiro atoms. The second-order valence-corrected chi connectivity index (χ2v) is 31.3. The van der Waals surface area contributed by atoms with Crippen LogP contribution < -0.4 is 43.4 Å². The van der Waals surface area contributed by atoms with E-state index in [4.69, 9.17) is 11.5 Å². The lowest BCUT2D eigenvalue weighted by Crippen LogP contribution is -2.52. The molecule has 0 aliphatic rings. The van der Waals surface area contributed by atoms with Gasteiger partial charge in [0.2, 0.25) is 59.1 Å². The monoisotopic (exact) mass is 1430 g/mol. The zero-order chi connectivity index (χ0) is 76.2. The summed E-state index contributed by atoms with van der Waals surface area (Å²) in [4.78, 5) is 152. The molecule has 23 heteroatoms. The van der Waals surface area contributed by atoms with Gasteiger partial charge in [-0.25, -0.2) is 0 Å². The van der Waals surface area contributed by atoms with Gasteiger partial charge in [0.25, 0.3) is 0 Å². The molecule has 0 unspecified atom stereocenters. The third-order valence-corrected chi connectivity index (χ3v) is 17.6. The number of hydrogen-bond acceptors (Lipinski definition) is 13. The Hall–Kier alpha value is -5.71. The van der Waals surface area contributed by atoms with E-state index in [2.05, 4.69) is 45.7 Å². The summed E-state index contributed by atoms with van der Waals surface area (Å²) in [6.45, 7) is 31.6. The predicted octanol–water partition coefficient (Wildman–Crippen LogP) is 10.0. The molecular weight excluding hydrogens is 1280 g/mol. The molecule has 0 bridgehead atoms. The molecular formula is C78H148N12O11. The largest absolute Gasteiger partial charge is 0.356 e. The fraction of sp³-hybridized carbons (Fsp3) is 0.859. The van der Waals surface area contributed by atoms with Crippen LogP contribution in [-0.2, 0) is 52.7 Å². The molecule has 0 aromatic carbocycles. The first kappa shape index (κ1) is 95.3. The maximum atomic E-state index is 13.6. The molecule has 0 radical (unpaired) electrons. The van der Waals surface area contributed by atoms with Crippen molar-refractivity contribution in [2.45, 2.75) is 327 Å². The maximum absolute atomic E-state index is 13.6. The van der Waals surface area contributed by atoms with Gasteiger partial charge in [0, 0.05) is 115 Å². The van der Waals surface area contributed by atoms with E-state index >= 15 is 0 Å². The van der Waals surface area contributed by atoms with E-state index < -0.39 is 18.1 Å². The Bertz CT molecular complexity index is 2350. The summed E-state index contributed by atoms with van der Waals surface area (Å²) in [5.74, 6) is -1.25. The number of rotatable bonds is 62. The molecule has 0 heterocycles. The van der Waals surface area contributed by atoms with E-state index in [1.54, 1.807) is 21.6 Å². The van der Waals surface area contributed by atoms with Gasteiger partial charge in [-0.15, -0.1) is 0 Å². The first-order valence-corrected chi connectivity index (χ1v) is 39.6. The number of nitrogens with two attached hydrogens (primary N) is 2. The fourth-order valence-corrected chi connectivity index (χ4v) is 12.3. The highest BCUT2D eigenvalue weighted by atomic mass is 16.2. The van der Waals surface area contributed by atoms with Crippen molar-refractivity contribution < 1.29 is 52.7 Å². The van der Waals surface area contributed by atoms with E-state index in [1.165, 1.54) is 4.90 Å². The van der Waals surface area contributed by atoms with Crippen LogP contribution >= 0.6 is 0 Å². The highest BCUT2D eigenvalue weighted by Crippen LogP contribution is 2.17. The summed E-state index contributed by atoms with van der Waals surface area (Å²) < 4.78 is 0. The lowest BCUT2D eigenvalue weighted by atomic mass is 10.0. The SMILES string of the molecule is CCCCC[C@H](N)CN(CC(=O)N[C@@H](CC(C)C)CN(CC(=O)NCCCCCCCC(=O)NCCCC[C@H](NC(=O)CCCCCCCNC(=O)CN(C[C@H](CC(C)C)NC(=O)CN(C[C@@H](N)CCCCC)C(=O)CC(C)C)C(=O)CC(C)C)C(=O)CC)C(=O)CC(C)C)C(=O)CC(C)C. The number of carbonyl (C=O) groups is 11. The first-order chi connectivity index (χ1) is 47.8. The average Bonchev–Trinajstić information content (AvgIpc) is 0.891. The molecule has 10 N–H and O–H groups in total. The van der Waals surface area contributed by atoms with Gasteiger partial charge in [0.1, 0.15) is 0 Å². The Kier molecular flexibility index (Phi) is 54.4. The number of amides is 10. The molecule has 0 aliphatic carbocycles. The molecule has 0 fully saturated rings. The molecule has 0 saturated carbocycles. The summed E-state index contributed by atoms with van der Waals surface area (Å²) >= 11 is 0. The van der Waals surface area contributed by atoms with Crippen LogP contribution in [0.2, 0.25) is 0 Å². The van der Waals surface area contributed by atoms with Gasteiger partial charge in [-0.05, 0) is 106 Å². The van der Waals surface area contributed by atoms with Crippen molar-refractivity contribution in [2.24, 2.45) is 47.0 Å². The van der Waals surface area contributed by atoms with Crippen molar-refractivity contribution >= 4 is 64.9 Å². The van der Waals surface area contributed by atoms with Crippen LogP contribution in [0.4, 0.5) is 0 Å². The Morgan fingerprint density at radius 2 is 0.624 bits per heavy atom. The van der Waals surface area contributed by atoms with E-state index in [1.807, 2.05) is 83.1 Å². The van der Waals surface area contributed by atoms with Crippen molar-refractivity contribution in [1.82, 2.24) is 51.5 Å². The summed E-state index contributed by atoms with van der Waals surface area (Å²) in [6, 6.07) is -1.93. The van der Waals surface area contributed by atoms with E-state index in [0.29, 0.717) is 96.8 Å². The van der Waals surface area contributed by atoms with Crippen LogP contribution in [0, 0.1) is 35.5 Å². The lowest BCUT2D eigenvalue weighted by Gasteiger charge is -2.31. The molecule has 10 amide bonds. The Balaban J connectivity index is 4.95. The first-order valence-electron chi connectivity index (χ1n) is 39.6. The van der Waals surface area contributed by atoms with E-state index in [0.717, 1.165) is 109 Å². The molecule has 5 atom stereocenters. The minimum Gasteiger partial charge on any atom is -0.356 e. The topological polar surface area (TPSA) is 325 Å². The van der Waals surface area contributed by atoms with Crippen LogP contribution in [-0.4, -0.2) is 187 Å². The molecule has 0 rings (SSSR count). The molecule has 0 saturated heterocycles. The minimum atomic E-state index is -0.581. The summed E-state index contributed by atoms with van der Waals surface area (Å²) in [5.41, 5.74) is 12.9. The summed E-state index contributed by atoms with van der Waals surface area (Å²) in [5, 5.41) is 18.1. The van der Waals surface area contributed by atoms with Gasteiger partial charge >= 0.3 is 0 Å². The molecule has 101 heavy (non-hydrogen) atoms. The van der Waals surface area contributed by atoms with Crippen LogP contribution in [0.15, 0.2) is 0 Å². The van der Waals surface area contributed by atoms with E-state index in [-0.39, 0.29) is 171 Å². The van der Waals surface area contributed by atoms with Crippen molar-refractivity contribution in [3.63, 3.8) is 0 Å². The quantitative estimate of drug-likeness (QED) is 0.0263. The van der Waals surface area contributed by atoms with Crippen LogP contribution in [0.5, 0.6) is 0 Å². The number of nitrogens with zero attached hydrogens (tertiary/aromatic N) is 4. The smallest absolute Gasteiger partial charge is 0.239 e. The Morgan fingerprint density at radius 1 is 0.317 bits per heavy atom. The zero-order valence-corrected chi connectivity index (χ0v) is 66.3. The van der Waals surface area contributed by atoms with Crippen LogP contribution in [0.25, 0.3) is 0 Å². The summed E-state index contributed by atoms with van der Waals surface area (Å²) in [7, 11) is 0. The second kappa shape index (κ2) is 57.7. The number of hydrogen-bond donors (Lipinski definition) is 8. The van der Waals surface area contributed by atoms with Gasteiger partial charge in [-0.3, -0.25) is 52.7 Å². The third-order valence-electron chi connectivity index (χ3n) is 17.6. The minimum absolute atomic E-state index is 0.0277. The van der Waals surface area contributed by atoms with Crippen molar-refractivity contribution in [3.05, 3.63) is 0 Å². The molecule has 0 aromatic rings. The van der Waals surface area contributed by atoms with Crippen LogP contribution in [0.1, 0.15) is 296 Å². The molecule has 0 aliphatic heterocycles. The van der Waals surface area contributed by atoms with Gasteiger partial charge in [-0.2, -0.15) is 0 Å². The number of Topliss-reactive ketones (excluding diaryl/α,β-unsaturated/α-hetero) is 1. The Labute approximate surface area is 612 Å². The predicted molar refractivity (Wildman–Crippen MR) is 407 cm³/mol. The van der Waals surface area contributed by atoms with Gasteiger partial charge < -0.3 is 63.0 Å². The number of ketones is 1. The van der Waals surface area contributed by atoms with Gasteiger partial charge in [-0.1, -0.05) is 181 Å². The fourth-order valence-electron chi connectivity index (χ4n) is 12.3. The van der Waals surface area contributed by atoms with Crippen molar-refractivity contribution in [3.8, 4) is 0 Å². The highest BCUT2D eigenvalue weighted by Gasteiger charge is 2.30. The highest BCUT2D eigenvalue weighted by molar-refractivity contribution is 5.89. The van der Waals surface area contributed by atoms with E-state index in [9.17, 15) is 52.7 Å². The number of unbranched alkanes of at least 4 members (excludes halogenated alkanes) is 13. The van der Waals surface area contributed by atoms with Gasteiger partial charge in [0.15, 0.2) is 5.78 Å². The standard InChI is InChI=1S/C78H148N12O11/c1-16-19-27-35-63(79)49-87(75(98)45-59(8)9)55-73(96)84-65(43-57(4)5)51-89(77(100)47-61(12)13)53-71(94)82-40-32-25-21-23-29-38-69(92)81-42-34-31-37-67(68(91)18-3)86-70(93)39-30-24-22-26-33-41-83-72(95)54-90(78(101)48-62(14)15)52-66(44-58(6)7)85-74(97)56-88(76(99)46-60(10)11)50-64(80)36-28-20-17-2/h57-67H,16-56,79-80H2,1-15H3,(H,81,92)(H,82,94)(H,83,95)(H,84,96)(H,85,97)(H,86,93)/t63-,64-,65-,66-,67-/m0/s1. The van der Waals surface area contributed by atoms with Crippen molar-refractivity contribution in [1.29, 1.82) is 0 Å². The van der Waals surface area contributed by atoms with Crippen molar-refractivity contribution in [2.75, 3.05) is 72.0 Å².